The number of hydrogen-bond acceptors (Lipinski definition) is 6. The Balaban J connectivity index is 1.90. The molecule has 0 saturated carbocycles. The number of pyridine rings is 1. The summed E-state index contributed by atoms with van der Waals surface area (Å²) in [4.78, 5) is 17.9. The molecule has 0 aliphatic heterocycles. The molecule has 0 radical (unpaired) electrons. The first kappa shape index (κ1) is 25.2. The number of aromatic nitrogens is 1. The van der Waals surface area contributed by atoms with E-state index in [1.54, 1.807) is 81.6 Å². The maximum Gasteiger partial charge on any atom is 0.265 e. The number of ether oxygens (including phenoxy) is 1. The largest absolute Gasteiger partial charge is 0.497 e. The molecular formula is C27H27N3O5S. The molecule has 1 N–H and O–H groups in total. The predicted molar refractivity (Wildman–Crippen MR) is 142 cm³/mol. The number of fused-ring (bicyclic) bond motifs is 1. The monoisotopic (exact) mass is 505 g/mol. The van der Waals surface area contributed by atoms with Crippen LogP contribution in [0, 0.1) is 0 Å². The van der Waals surface area contributed by atoms with Crippen molar-refractivity contribution in [3.8, 4) is 17.3 Å². The van der Waals surface area contributed by atoms with Crippen LogP contribution in [0.25, 0.3) is 16.5 Å². The van der Waals surface area contributed by atoms with E-state index in [2.05, 4.69) is 4.99 Å². The van der Waals surface area contributed by atoms with Crippen LogP contribution in [0.5, 0.6) is 11.6 Å². The van der Waals surface area contributed by atoms with Gasteiger partial charge >= 0.3 is 0 Å². The van der Waals surface area contributed by atoms with Crippen LogP contribution >= 0.6 is 0 Å². The standard InChI is InChI=1S/C27H27N3O5S/c1-4-29(5-2)36(33,34)22-10-8-9-20(17-22)30-26(31)24-12-7-6-11-23(24)25(27(30)32)18-28-19-13-15-21(35-3)16-14-19/h6-18,32H,4-5H2,1-3H3. The van der Waals surface area contributed by atoms with Gasteiger partial charge in [0.05, 0.1) is 28.9 Å². The molecule has 0 saturated heterocycles. The molecule has 1 aromatic heterocycles. The Bertz CT molecular complexity index is 1590. The smallest absolute Gasteiger partial charge is 0.265 e. The van der Waals surface area contributed by atoms with Gasteiger partial charge in [-0.15, -0.1) is 0 Å². The number of rotatable bonds is 8. The molecule has 0 unspecified atom stereocenters. The number of sulfonamides is 1. The Labute approximate surface area is 209 Å². The molecule has 0 fully saturated rings. The Hall–Kier alpha value is -3.95. The maximum absolute atomic E-state index is 13.4. The summed E-state index contributed by atoms with van der Waals surface area (Å²) in [5.74, 6) is 0.351. The fraction of sp³-hybridized carbons (Fsp3) is 0.185. The van der Waals surface area contributed by atoms with Crippen molar-refractivity contribution < 1.29 is 18.3 Å². The summed E-state index contributed by atoms with van der Waals surface area (Å²) in [5.41, 5.74) is 0.722. The molecule has 0 aliphatic rings. The van der Waals surface area contributed by atoms with Crippen LogP contribution in [0.2, 0.25) is 0 Å². The Morgan fingerprint density at radius 3 is 2.28 bits per heavy atom. The van der Waals surface area contributed by atoms with E-state index in [1.807, 2.05) is 0 Å². The molecule has 8 nitrogen and oxygen atoms in total. The van der Waals surface area contributed by atoms with Gasteiger partial charge in [0.2, 0.25) is 15.9 Å². The second kappa shape index (κ2) is 10.3. The first-order valence-electron chi connectivity index (χ1n) is 11.5. The fourth-order valence-corrected chi connectivity index (χ4v) is 5.53. The molecular weight excluding hydrogens is 478 g/mol. The third-order valence-electron chi connectivity index (χ3n) is 5.94. The minimum atomic E-state index is -3.76. The van der Waals surface area contributed by atoms with Crippen molar-refractivity contribution in [2.45, 2.75) is 18.7 Å². The molecule has 186 valence electrons. The molecule has 0 bridgehead atoms. The summed E-state index contributed by atoms with van der Waals surface area (Å²) in [6.07, 6.45) is 1.49. The van der Waals surface area contributed by atoms with Crippen molar-refractivity contribution in [3.05, 3.63) is 88.7 Å². The van der Waals surface area contributed by atoms with Crippen molar-refractivity contribution in [2.24, 2.45) is 4.99 Å². The highest BCUT2D eigenvalue weighted by molar-refractivity contribution is 7.89. The highest BCUT2D eigenvalue weighted by atomic mass is 32.2. The van der Waals surface area contributed by atoms with E-state index in [0.29, 0.717) is 40.9 Å². The second-order valence-corrected chi connectivity index (χ2v) is 9.90. The zero-order valence-electron chi connectivity index (χ0n) is 20.2. The molecule has 0 amide bonds. The van der Waals surface area contributed by atoms with Crippen LogP contribution in [0.1, 0.15) is 19.4 Å². The van der Waals surface area contributed by atoms with Gasteiger partial charge in [-0.2, -0.15) is 4.31 Å². The molecule has 9 heteroatoms. The molecule has 1 heterocycles. The summed E-state index contributed by atoms with van der Waals surface area (Å²) >= 11 is 0. The Morgan fingerprint density at radius 2 is 1.64 bits per heavy atom. The van der Waals surface area contributed by atoms with Crippen LogP contribution in [0.3, 0.4) is 0 Å². The number of hydrogen-bond donors (Lipinski definition) is 1. The topological polar surface area (TPSA) is 101 Å². The lowest BCUT2D eigenvalue weighted by Crippen LogP contribution is -2.30. The van der Waals surface area contributed by atoms with Crippen LogP contribution < -0.4 is 10.3 Å². The van der Waals surface area contributed by atoms with Crippen LogP contribution in [0.15, 0.2) is 87.5 Å². The third-order valence-corrected chi connectivity index (χ3v) is 7.98. The van der Waals surface area contributed by atoms with Crippen LogP contribution in [-0.2, 0) is 10.0 Å². The molecule has 4 rings (SSSR count). The number of methoxy groups -OCH3 is 1. The van der Waals surface area contributed by atoms with Gasteiger partial charge in [0.25, 0.3) is 5.56 Å². The Kier molecular flexibility index (Phi) is 7.23. The van der Waals surface area contributed by atoms with Crippen molar-refractivity contribution in [1.29, 1.82) is 0 Å². The number of benzene rings is 3. The van der Waals surface area contributed by atoms with Gasteiger partial charge in [0.15, 0.2) is 0 Å². The van der Waals surface area contributed by atoms with Crippen molar-refractivity contribution in [3.63, 3.8) is 0 Å². The summed E-state index contributed by atoms with van der Waals surface area (Å²) in [5, 5.41) is 12.2. The molecule has 0 atom stereocenters. The number of aliphatic imine (C=N–C) groups is 1. The lowest BCUT2D eigenvalue weighted by molar-refractivity contribution is 0.415. The molecule has 0 aliphatic carbocycles. The lowest BCUT2D eigenvalue weighted by atomic mass is 10.1. The molecule has 3 aromatic carbocycles. The third kappa shape index (κ3) is 4.62. The highest BCUT2D eigenvalue weighted by Gasteiger charge is 2.23. The van der Waals surface area contributed by atoms with Gasteiger partial charge in [-0.3, -0.25) is 9.79 Å². The van der Waals surface area contributed by atoms with Gasteiger partial charge in [-0.1, -0.05) is 38.1 Å². The molecule has 36 heavy (non-hydrogen) atoms. The number of nitrogens with zero attached hydrogens (tertiary/aromatic N) is 3. The van der Waals surface area contributed by atoms with Crippen molar-refractivity contribution in [1.82, 2.24) is 8.87 Å². The van der Waals surface area contributed by atoms with Gasteiger partial charge in [0, 0.05) is 30.1 Å². The minimum Gasteiger partial charge on any atom is -0.497 e. The molecule has 4 aromatic rings. The van der Waals surface area contributed by atoms with Gasteiger partial charge in [0.1, 0.15) is 5.75 Å². The summed E-state index contributed by atoms with van der Waals surface area (Å²) in [7, 11) is -2.18. The zero-order valence-corrected chi connectivity index (χ0v) is 21.1. The van der Waals surface area contributed by atoms with Gasteiger partial charge in [-0.25, -0.2) is 13.0 Å². The van der Waals surface area contributed by atoms with Crippen LogP contribution in [0.4, 0.5) is 5.69 Å². The first-order valence-corrected chi connectivity index (χ1v) is 12.9. The average molecular weight is 506 g/mol. The van der Waals surface area contributed by atoms with E-state index in [-0.39, 0.29) is 16.5 Å². The highest BCUT2D eigenvalue weighted by Crippen LogP contribution is 2.28. The van der Waals surface area contributed by atoms with Gasteiger partial charge < -0.3 is 9.84 Å². The van der Waals surface area contributed by atoms with E-state index in [0.717, 1.165) is 4.57 Å². The summed E-state index contributed by atoms with van der Waals surface area (Å²) in [6.45, 7) is 4.16. The van der Waals surface area contributed by atoms with E-state index < -0.39 is 15.6 Å². The molecule has 0 spiro atoms. The maximum atomic E-state index is 13.4. The summed E-state index contributed by atoms with van der Waals surface area (Å²) in [6, 6.07) is 20.0. The fourth-order valence-electron chi connectivity index (χ4n) is 4.03. The predicted octanol–water partition coefficient (Wildman–Crippen LogP) is 4.49. The zero-order chi connectivity index (χ0) is 25.9. The quantitative estimate of drug-likeness (QED) is 0.356. The summed E-state index contributed by atoms with van der Waals surface area (Å²) < 4.78 is 33.8. The van der Waals surface area contributed by atoms with E-state index in [9.17, 15) is 18.3 Å². The van der Waals surface area contributed by atoms with Gasteiger partial charge in [-0.05, 0) is 48.5 Å². The Morgan fingerprint density at radius 1 is 0.972 bits per heavy atom. The normalized spacial score (nSPS) is 12.0. The first-order chi connectivity index (χ1) is 17.3. The van der Waals surface area contributed by atoms with Crippen LogP contribution in [-0.4, -0.2) is 48.8 Å². The van der Waals surface area contributed by atoms with Crippen molar-refractivity contribution >= 4 is 32.7 Å². The van der Waals surface area contributed by atoms with E-state index in [1.165, 1.54) is 22.7 Å². The van der Waals surface area contributed by atoms with E-state index in [4.69, 9.17) is 4.74 Å². The van der Waals surface area contributed by atoms with Crippen molar-refractivity contribution in [2.75, 3.05) is 20.2 Å². The average Bonchev–Trinajstić information content (AvgIpc) is 2.90. The lowest BCUT2D eigenvalue weighted by Gasteiger charge is -2.19. The SMILES string of the molecule is CCN(CC)S(=O)(=O)c1cccc(-n2c(O)c(C=Nc3ccc(OC)cc3)c3ccccc3c2=O)c1. The number of aromatic hydroxyl groups is 1. The van der Waals surface area contributed by atoms with E-state index >= 15 is 0 Å². The second-order valence-electron chi connectivity index (χ2n) is 7.97. The minimum absolute atomic E-state index is 0.0385.